The zero-order valence-electron chi connectivity index (χ0n) is 16.1. The molecule has 2 heterocycles. The van der Waals surface area contributed by atoms with E-state index in [-0.39, 0.29) is 16.3 Å². The minimum Gasteiger partial charge on any atom is -0.489 e. The van der Waals surface area contributed by atoms with Gasteiger partial charge in [-0.25, -0.2) is 4.79 Å². The number of hydrogen-bond donors (Lipinski definition) is 1. The molecule has 0 bridgehead atoms. The third kappa shape index (κ3) is 3.69. The molecule has 5 rings (SSSR count). The predicted octanol–water partition coefficient (Wildman–Crippen LogP) is 3.93. The number of ether oxygens (including phenoxy) is 1. The average Bonchev–Trinajstić information content (AvgIpc) is 2.77. The summed E-state index contributed by atoms with van der Waals surface area (Å²) in [6, 6.07) is 22.8. The summed E-state index contributed by atoms with van der Waals surface area (Å²) in [6.45, 7) is 0.382. The fourth-order valence-electron chi connectivity index (χ4n) is 3.32. The van der Waals surface area contributed by atoms with E-state index in [1.807, 2.05) is 30.3 Å². The first kappa shape index (κ1) is 19.1. The van der Waals surface area contributed by atoms with E-state index in [1.165, 1.54) is 6.07 Å². The minimum absolute atomic E-state index is 0.0310. The Morgan fingerprint density at radius 3 is 2.55 bits per heavy atom. The molecule has 3 aromatic carbocycles. The van der Waals surface area contributed by atoms with Gasteiger partial charge in [0.1, 0.15) is 28.4 Å². The molecule has 0 fully saturated rings. The molecule has 0 radical (unpaired) electrons. The number of fused-ring (bicyclic) bond motifs is 2. The summed E-state index contributed by atoms with van der Waals surface area (Å²) < 4.78 is 40.0. The van der Waals surface area contributed by atoms with E-state index in [9.17, 15) is 13.2 Å². The SMILES string of the molecule is O=c1oc2cc(OCc3ccccc3)ccc2cc1C1=NS(=O)(=O)c2ccccc2N1. The van der Waals surface area contributed by atoms with Crippen LogP contribution >= 0.6 is 0 Å². The van der Waals surface area contributed by atoms with Crippen LogP contribution in [0.15, 0.2) is 97.4 Å². The highest BCUT2D eigenvalue weighted by Gasteiger charge is 2.26. The van der Waals surface area contributed by atoms with Crippen LogP contribution in [-0.4, -0.2) is 14.3 Å². The standard InChI is InChI=1S/C23H16N2O5S/c26-23-18(22-24-19-8-4-5-9-21(19)31(27,28)25-22)12-16-10-11-17(13-20(16)30-23)29-14-15-6-2-1-3-7-15/h1-13H,14H2,(H,24,25). The second kappa shape index (κ2) is 7.41. The van der Waals surface area contributed by atoms with Crippen LogP contribution in [0.3, 0.4) is 0 Å². The van der Waals surface area contributed by atoms with Crippen LogP contribution in [0.5, 0.6) is 5.75 Å². The molecular weight excluding hydrogens is 416 g/mol. The number of sulfonamides is 1. The summed E-state index contributed by atoms with van der Waals surface area (Å²) in [7, 11) is -3.92. The molecule has 0 amide bonds. The first-order valence-electron chi connectivity index (χ1n) is 9.46. The van der Waals surface area contributed by atoms with E-state index in [2.05, 4.69) is 9.71 Å². The summed E-state index contributed by atoms with van der Waals surface area (Å²) in [4.78, 5) is 12.7. The molecule has 0 spiro atoms. The largest absolute Gasteiger partial charge is 0.489 e. The molecule has 7 nitrogen and oxygen atoms in total. The molecule has 0 atom stereocenters. The zero-order chi connectivity index (χ0) is 21.4. The lowest BCUT2D eigenvalue weighted by Gasteiger charge is -2.17. The van der Waals surface area contributed by atoms with Crippen molar-refractivity contribution >= 4 is 32.5 Å². The van der Waals surface area contributed by atoms with E-state index >= 15 is 0 Å². The third-order valence-corrected chi connectivity index (χ3v) is 6.18. The van der Waals surface area contributed by atoms with Crippen molar-refractivity contribution in [3.63, 3.8) is 0 Å². The average molecular weight is 432 g/mol. The van der Waals surface area contributed by atoms with Crippen molar-refractivity contribution in [1.82, 2.24) is 0 Å². The molecule has 1 N–H and O–H groups in total. The second-order valence-corrected chi connectivity index (χ2v) is 8.53. The normalized spacial score (nSPS) is 14.4. The lowest BCUT2D eigenvalue weighted by molar-refractivity contribution is 0.306. The molecule has 0 aliphatic carbocycles. The van der Waals surface area contributed by atoms with Crippen LogP contribution in [0, 0.1) is 0 Å². The fourth-order valence-corrected chi connectivity index (χ4v) is 4.45. The summed E-state index contributed by atoms with van der Waals surface area (Å²) in [5, 5.41) is 3.52. The molecule has 0 saturated carbocycles. The molecule has 0 saturated heterocycles. The van der Waals surface area contributed by atoms with Crippen LogP contribution < -0.4 is 15.7 Å². The number of anilines is 1. The van der Waals surface area contributed by atoms with Crippen LogP contribution in [0.4, 0.5) is 5.69 Å². The van der Waals surface area contributed by atoms with E-state index in [1.54, 1.807) is 42.5 Å². The topological polar surface area (TPSA) is 98.0 Å². The van der Waals surface area contributed by atoms with Crippen molar-refractivity contribution in [3.05, 3.63) is 100 Å². The Kier molecular flexibility index (Phi) is 4.56. The van der Waals surface area contributed by atoms with Gasteiger partial charge in [-0.2, -0.15) is 8.42 Å². The zero-order valence-corrected chi connectivity index (χ0v) is 16.9. The highest BCUT2D eigenvalue weighted by molar-refractivity contribution is 7.90. The van der Waals surface area contributed by atoms with Gasteiger partial charge in [0.25, 0.3) is 10.0 Å². The molecule has 1 aliphatic rings. The van der Waals surface area contributed by atoms with Crippen molar-refractivity contribution < 1.29 is 17.6 Å². The first-order valence-corrected chi connectivity index (χ1v) is 10.9. The van der Waals surface area contributed by atoms with Gasteiger partial charge in [-0.15, -0.1) is 4.40 Å². The highest BCUT2D eigenvalue weighted by Crippen LogP contribution is 2.28. The maximum absolute atomic E-state index is 12.6. The van der Waals surface area contributed by atoms with E-state index in [0.29, 0.717) is 29.0 Å². The van der Waals surface area contributed by atoms with Crippen molar-refractivity contribution in [3.8, 4) is 5.75 Å². The van der Waals surface area contributed by atoms with Gasteiger partial charge >= 0.3 is 5.63 Å². The lowest BCUT2D eigenvalue weighted by atomic mass is 10.1. The lowest BCUT2D eigenvalue weighted by Crippen LogP contribution is -2.27. The molecule has 0 unspecified atom stereocenters. The Balaban J connectivity index is 1.48. The number of para-hydroxylation sites is 1. The first-order chi connectivity index (χ1) is 15.0. The van der Waals surface area contributed by atoms with Gasteiger partial charge < -0.3 is 14.5 Å². The summed E-state index contributed by atoms with van der Waals surface area (Å²) in [5.74, 6) is 0.482. The number of nitrogens with zero attached hydrogens (tertiary/aromatic N) is 1. The third-order valence-electron chi connectivity index (χ3n) is 4.84. The Labute approximate surface area is 177 Å². The molecule has 154 valence electrons. The quantitative estimate of drug-likeness (QED) is 0.491. The van der Waals surface area contributed by atoms with Crippen molar-refractivity contribution in [2.75, 3.05) is 5.32 Å². The Morgan fingerprint density at radius 2 is 1.71 bits per heavy atom. The number of nitrogens with one attached hydrogen (secondary N) is 1. The molecule has 1 aliphatic heterocycles. The van der Waals surface area contributed by atoms with E-state index in [0.717, 1.165) is 5.56 Å². The number of amidine groups is 1. The van der Waals surface area contributed by atoms with Crippen molar-refractivity contribution in [2.24, 2.45) is 4.40 Å². The summed E-state index contributed by atoms with van der Waals surface area (Å²) in [5.41, 5.74) is 1.04. The second-order valence-electron chi connectivity index (χ2n) is 6.96. The summed E-state index contributed by atoms with van der Waals surface area (Å²) >= 11 is 0. The van der Waals surface area contributed by atoms with Gasteiger partial charge in [-0.1, -0.05) is 42.5 Å². The fraction of sp³-hybridized carbons (Fsp3) is 0.0435. The van der Waals surface area contributed by atoms with E-state index in [4.69, 9.17) is 9.15 Å². The van der Waals surface area contributed by atoms with Crippen LogP contribution in [0.2, 0.25) is 0 Å². The van der Waals surface area contributed by atoms with Crippen molar-refractivity contribution in [2.45, 2.75) is 11.5 Å². The van der Waals surface area contributed by atoms with Gasteiger partial charge in [0, 0.05) is 11.5 Å². The maximum Gasteiger partial charge on any atom is 0.347 e. The number of benzene rings is 3. The predicted molar refractivity (Wildman–Crippen MR) is 117 cm³/mol. The molecule has 8 heteroatoms. The smallest absolute Gasteiger partial charge is 0.347 e. The van der Waals surface area contributed by atoms with Gasteiger partial charge in [0.15, 0.2) is 5.84 Å². The van der Waals surface area contributed by atoms with Crippen molar-refractivity contribution in [1.29, 1.82) is 0 Å². The van der Waals surface area contributed by atoms with Gasteiger partial charge in [-0.3, -0.25) is 0 Å². The molecule has 1 aromatic heterocycles. The highest BCUT2D eigenvalue weighted by atomic mass is 32.2. The van der Waals surface area contributed by atoms with Crippen LogP contribution in [0.25, 0.3) is 11.0 Å². The van der Waals surface area contributed by atoms with E-state index < -0.39 is 15.6 Å². The summed E-state index contributed by atoms with van der Waals surface area (Å²) in [6.07, 6.45) is 0. The van der Waals surface area contributed by atoms with Gasteiger partial charge in [0.05, 0.1) is 5.69 Å². The molecule has 31 heavy (non-hydrogen) atoms. The van der Waals surface area contributed by atoms with Gasteiger partial charge in [0.2, 0.25) is 0 Å². The monoisotopic (exact) mass is 432 g/mol. The molecule has 4 aromatic rings. The van der Waals surface area contributed by atoms with Gasteiger partial charge in [-0.05, 0) is 35.9 Å². The van der Waals surface area contributed by atoms with Crippen LogP contribution in [-0.2, 0) is 16.6 Å². The molecular formula is C23H16N2O5S. The minimum atomic E-state index is -3.92. The number of hydrogen-bond acceptors (Lipinski definition) is 6. The maximum atomic E-state index is 12.6. The Bertz CT molecular complexity index is 1490. The number of rotatable bonds is 4. The van der Waals surface area contributed by atoms with Crippen LogP contribution in [0.1, 0.15) is 11.1 Å². The Hall–Kier alpha value is -3.91. The Morgan fingerprint density at radius 1 is 0.935 bits per heavy atom.